The third-order valence-electron chi connectivity index (χ3n) is 1.11. The van der Waals surface area contributed by atoms with Crippen LogP contribution in [-0.4, -0.2) is 28.3 Å². The van der Waals surface area contributed by atoms with Crippen LogP contribution in [0.3, 0.4) is 0 Å². The maximum atomic E-state index is 10.4. The van der Waals surface area contributed by atoms with E-state index in [1.54, 1.807) is 11.8 Å². The van der Waals surface area contributed by atoms with Crippen molar-refractivity contribution in [1.29, 1.82) is 0 Å². The summed E-state index contributed by atoms with van der Waals surface area (Å²) >= 11 is 3.15. The summed E-state index contributed by atoms with van der Waals surface area (Å²) in [5.41, 5.74) is 4.99. The van der Waals surface area contributed by atoms with Gasteiger partial charge in [0, 0.05) is 12.3 Å². The lowest BCUT2D eigenvalue weighted by Crippen LogP contribution is -2.14. The predicted molar refractivity (Wildman–Crippen MR) is 51.0 cm³/mol. The van der Waals surface area contributed by atoms with E-state index in [4.69, 9.17) is 5.73 Å². The molecule has 62 valence electrons. The van der Waals surface area contributed by atoms with Gasteiger partial charge in [-0.05, 0) is 6.42 Å². The molecule has 0 spiro atoms. The molecule has 1 aliphatic rings. The van der Waals surface area contributed by atoms with E-state index >= 15 is 0 Å². The summed E-state index contributed by atoms with van der Waals surface area (Å²) in [4.78, 5) is 14.6. The van der Waals surface area contributed by atoms with Crippen molar-refractivity contribution in [3.8, 4) is 0 Å². The maximum Gasteiger partial charge on any atom is 0.227 e. The Morgan fingerprint density at radius 2 is 2.64 bits per heavy atom. The van der Waals surface area contributed by atoms with Crippen molar-refractivity contribution in [2.75, 3.05) is 18.1 Å². The van der Waals surface area contributed by atoms with Crippen LogP contribution in [0.5, 0.6) is 0 Å². The van der Waals surface area contributed by atoms with Crippen LogP contribution in [0, 0.1) is 0 Å². The molecular formula is C6H10N2OS2. The van der Waals surface area contributed by atoms with Crippen LogP contribution in [0.1, 0.15) is 6.42 Å². The molecule has 1 amide bonds. The van der Waals surface area contributed by atoms with Crippen LogP contribution in [0.15, 0.2) is 4.99 Å². The summed E-state index contributed by atoms with van der Waals surface area (Å²) < 4.78 is 1.01. The lowest BCUT2D eigenvalue weighted by molar-refractivity contribution is -0.115. The molecule has 1 aliphatic heterocycles. The van der Waals surface area contributed by atoms with E-state index in [1.807, 2.05) is 0 Å². The van der Waals surface area contributed by atoms with Gasteiger partial charge in [0.1, 0.15) is 4.38 Å². The smallest absolute Gasteiger partial charge is 0.227 e. The molecule has 0 saturated carbocycles. The van der Waals surface area contributed by atoms with Crippen LogP contribution in [0.25, 0.3) is 0 Å². The molecule has 0 aromatic heterocycles. The lowest BCUT2D eigenvalue weighted by Gasteiger charge is -2.08. The van der Waals surface area contributed by atoms with Crippen LogP contribution >= 0.6 is 23.5 Å². The SMILES string of the molecule is NC(=O)CSC1=NCCCS1. The number of thioether (sulfide) groups is 2. The fourth-order valence-electron chi connectivity index (χ4n) is 0.660. The Morgan fingerprint density at radius 3 is 3.18 bits per heavy atom. The van der Waals surface area contributed by atoms with Gasteiger partial charge >= 0.3 is 0 Å². The summed E-state index contributed by atoms with van der Waals surface area (Å²) in [6, 6.07) is 0. The van der Waals surface area contributed by atoms with Crippen molar-refractivity contribution in [2.45, 2.75) is 6.42 Å². The molecule has 0 bridgehead atoms. The zero-order valence-corrected chi connectivity index (χ0v) is 7.71. The standard InChI is InChI=1S/C6H10N2OS2/c7-5(9)4-11-6-8-2-1-3-10-6/h1-4H2,(H2,7,9). The third kappa shape index (κ3) is 3.67. The highest BCUT2D eigenvalue weighted by atomic mass is 32.2. The number of carbonyl (C=O) groups is 1. The van der Waals surface area contributed by atoms with Gasteiger partial charge in [0.15, 0.2) is 0 Å². The fraction of sp³-hybridized carbons (Fsp3) is 0.667. The van der Waals surface area contributed by atoms with Crippen LogP contribution in [0.2, 0.25) is 0 Å². The number of hydrogen-bond donors (Lipinski definition) is 1. The van der Waals surface area contributed by atoms with Crippen molar-refractivity contribution in [2.24, 2.45) is 10.7 Å². The maximum absolute atomic E-state index is 10.4. The van der Waals surface area contributed by atoms with Crippen molar-refractivity contribution >= 4 is 33.8 Å². The first-order valence-corrected chi connectivity index (χ1v) is 5.34. The Labute approximate surface area is 74.2 Å². The molecule has 0 saturated heterocycles. The van der Waals surface area contributed by atoms with E-state index in [0.717, 1.165) is 23.1 Å². The normalized spacial score (nSPS) is 17.6. The second-order valence-electron chi connectivity index (χ2n) is 2.10. The van der Waals surface area contributed by atoms with Crippen LogP contribution < -0.4 is 5.73 Å². The number of hydrogen-bond acceptors (Lipinski definition) is 4. The summed E-state index contributed by atoms with van der Waals surface area (Å²) in [6.45, 7) is 0.897. The largest absolute Gasteiger partial charge is 0.369 e. The zero-order valence-electron chi connectivity index (χ0n) is 6.08. The first-order chi connectivity index (χ1) is 5.29. The van der Waals surface area contributed by atoms with Crippen molar-refractivity contribution in [3.63, 3.8) is 0 Å². The number of nitrogens with zero attached hydrogens (tertiary/aromatic N) is 1. The molecular weight excluding hydrogens is 180 g/mol. The number of carbonyl (C=O) groups excluding carboxylic acids is 1. The van der Waals surface area contributed by atoms with E-state index in [2.05, 4.69) is 4.99 Å². The quantitative estimate of drug-likeness (QED) is 0.697. The number of amides is 1. The molecule has 3 nitrogen and oxygen atoms in total. The monoisotopic (exact) mass is 190 g/mol. The second kappa shape index (κ2) is 4.66. The van der Waals surface area contributed by atoms with E-state index < -0.39 is 0 Å². The highest BCUT2D eigenvalue weighted by molar-refractivity contribution is 8.39. The molecule has 1 rings (SSSR count). The van der Waals surface area contributed by atoms with Gasteiger partial charge in [-0.25, -0.2) is 0 Å². The van der Waals surface area contributed by atoms with E-state index in [-0.39, 0.29) is 5.91 Å². The molecule has 0 fully saturated rings. The summed E-state index contributed by atoms with van der Waals surface area (Å²) in [7, 11) is 0. The number of primary amides is 1. The lowest BCUT2D eigenvalue weighted by atomic mass is 10.5. The minimum Gasteiger partial charge on any atom is -0.369 e. The number of aliphatic imine (C=N–C) groups is 1. The Kier molecular flexibility index (Phi) is 3.79. The summed E-state index contributed by atoms with van der Waals surface area (Å²) in [5.74, 6) is 1.19. The minimum atomic E-state index is -0.274. The average molecular weight is 190 g/mol. The van der Waals surface area contributed by atoms with Crippen molar-refractivity contribution in [3.05, 3.63) is 0 Å². The van der Waals surface area contributed by atoms with Gasteiger partial charge in [0.05, 0.1) is 5.75 Å². The Balaban J connectivity index is 2.24. The number of nitrogens with two attached hydrogens (primary N) is 1. The predicted octanol–water partition coefficient (Wildman–Crippen LogP) is 0.698. The molecule has 2 N–H and O–H groups in total. The van der Waals surface area contributed by atoms with Crippen molar-refractivity contribution < 1.29 is 4.79 Å². The molecule has 0 aromatic rings. The van der Waals surface area contributed by atoms with Gasteiger partial charge in [-0.1, -0.05) is 23.5 Å². The van der Waals surface area contributed by atoms with Crippen LogP contribution in [0.4, 0.5) is 0 Å². The Hall–Kier alpha value is -0.160. The van der Waals surface area contributed by atoms with Gasteiger partial charge in [0.2, 0.25) is 5.91 Å². The molecule has 11 heavy (non-hydrogen) atoms. The molecule has 0 aromatic carbocycles. The van der Waals surface area contributed by atoms with Gasteiger partial charge < -0.3 is 5.73 Å². The van der Waals surface area contributed by atoms with Gasteiger partial charge in [-0.15, -0.1) is 0 Å². The highest BCUT2D eigenvalue weighted by Crippen LogP contribution is 2.21. The molecule has 5 heteroatoms. The average Bonchev–Trinajstić information content (AvgIpc) is 2.03. The minimum absolute atomic E-state index is 0.274. The summed E-state index contributed by atoms with van der Waals surface area (Å²) in [5, 5.41) is 0. The van der Waals surface area contributed by atoms with Gasteiger partial charge in [-0.3, -0.25) is 9.79 Å². The van der Waals surface area contributed by atoms with E-state index in [9.17, 15) is 4.79 Å². The van der Waals surface area contributed by atoms with Crippen molar-refractivity contribution in [1.82, 2.24) is 0 Å². The first kappa shape index (κ1) is 8.93. The van der Waals surface area contributed by atoms with E-state index in [1.165, 1.54) is 11.8 Å². The van der Waals surface area contributed by atoms with Gasteiger partial charge in [-0.2, -0.15) is 0 Å². The Bertz CT molecular complexity index is 181. The van der Waals surface area contributed by atoms with Crippen LogP contribution in [-0.2, 0) is 4.79 Å². The molecule has 0 unspecified atom stereocenters. The fourth-order valence-corrected chi connectivity index (χ4v) is 2.50. The highest BCUT2D eigenvalue weighted by Gasteiger charge is 2.07. The molecule has 0 radical (unpaired) electrons. The van der Waals surface area contributed by atoms with Gasteiger partial charge in [0.25, 0.3) is 0 Å². The molecule has 0 atom stereocenters. The zero-order chi connectivity index (χ0) is 8.10. The summed E-state index contributed by atoms with van der Waals surface area (Å²) in [6.07, 6.45) is 1.14. The first-order valence-electron chi connectivity index (χ1n) is 3.37. The molecule has 0 aliphatic carbocycles. The topological polar surface area (TPSA) is 55.5 Å². The molecule has 1 heterocycles. The Morgan fingerprint density at radius 1 is 1.82 bits per heavy atom. The second-order valence-corrected chi connectivity index (χ2v) is 4.41. The number of rotatable bonds is 2. The van der Waals surface area contributed by atoms with E-state index in [0.29, 0.717) is 5.75 Å². The third-order valence-corrected chi connectivity index (χ3v) is 3.49.